The Kier molecular flexibility index (Phi) is 3.49. The second-order valence-electron chi connectivity index (χ2n) is 6.45. The highest BCUT2D eigenvalue weighted by atomic mass is 16.3. The number of rotatable bonds is 3. The number of nitrogens with zero attached hydrogens (tertiary/aromatic N) is 4. The van der Waals surface area contributed by atoms with Crippen molar-refractivity contribution in [3.63, 3.8) is 0 Å². The summed E-state index contributed by atoms with van der Waals surface area (Å²) in [6.07, 6.45) is 3.16. The van der Waals surface area contributed by atoms with Crippen LogP contribution < -0.4 is 4.90 Å². The zero-order valence-corrected chi connectivity index (χ0v) is 14.0. The molecule has 0 unspecified atom stereocenters. The Labute approximate surface area is 140 Å². The third kappa shape index (κ3) is 2.26. The lowest BCUT2D eigenvalue weighted by Crippen LogP contribution is -2.31. The minimum Gasteiger partial charge on any atom is -0.381 e. The first kappa shape index (κ1) is 15.1. The maximum absolute atomic E-state index is 11.0. The van der Waals surface area contributed by atoms with Crippen LogP contribution in [-0.2, 0) is 12.0 Å². The van der Waals surface area contributed by atoms with Gasteiger partial charge in [-0.05, 0) is 25.0 Å². The molecule has 1 aromatic carbocycles. The molecule has 24 heavy (non-hydrogen) atoms. The molecule has 1 aliphatic rings. The fourth-order valence-electron chi connectivity index (χ4n) is 3.76. The first-order valence-electron chi connectivity index (χ1n) is 8.34. The second-order valence-corrected chi connectivity index (χ2v) is 6.45. The molecular weight excluding hydrogens is 302 g/mol. The predicted molar refractivity (Wildman–Crippen MR) is 93.0 cm³/mol. The maximum atomic E-state index is 11.0. The van der Waals surface area contributed by atoms with Crippen molar-refractivity contribution < 1.29 is 5.11 Å². The standard InChI is InChI=1S/C18H21N5O/c1-3-13-12(2)20-15-7-5-4-6-14(15)17(13)23-9-8-18(24,11-23)16-10-19-22-21-16/h4-7,10,24H,3,8-9,11H2,1-2H3,(H,19,21,22)/t18-/m1/s1. The Bertz CT molecular complexity index is 877. The van der Waals surface area contributed by atoms with E-state index in [0.29, 0.717) is 18.7 Å². The number of pyridine rings is 1. The van der Waals surface area contributed by atoms with Gasteiger partial charge in [0, 0.05) is 24.0 Å². The number of benzene rings is 1. The number of aromatic amines is 1. The number of fused-ring (bicyclic) bond motifs is 1. The van der Waals surface area contributed by atoms with Crippen LogP contribution in [-0.4, -0.2) is 38.6 Å². The van der Waals surface area contributed by atoms with Gasteiger partial charge in [0.1, 0.15) is 11.3 Å². The highest BCUT2D eigenvalue weighted by Crippen LogP contribution is 2.39. The lowest BCUT2D eigenvalue weighted by Gasteiger charge is -2.26. The molecular formula is C18H21N5O. The van der Waals surface area contributed by atoms with Crippen molar-refractivity contribution in [3.8, 4) is 0 Å². The SMILES string of the molecule is CCc1c(C)nc2ccccc2c1N1CC[C@](O)(c2cn[nH]n2)C1. The summed E-state index contributed by atoms with van der Waals surface area (Å²) in [6, 6.07) is 8.22. The molecule has 0 aliphatic carbocycles. The van der Waals surface area contributed by atoms with Crippen molar-refractivity contribution in [1.82, 2.24) is 20.4 Å². The van der Waals surface area contributed by atoms with Gasteiger partial charge in [-0.2, -0.15) is 15.4 Å². The number of para-hydroxylation sites is 1. The molecule has 1 aliphatic heterocycles. The Morgan fingerprint density at radius 2 is 2.17 bits per heavy atom. The zero-order chi connectivity index (χ0) is 16.7. The lowest BCUT2D eigenvalue weighted by atomic mass is 9.99. The average Bonchev–Trinajstić information content (AvgIpc) is 3.24. The molecule has 124 valence electrons. The number of aromatic nitrogens is 4. The van der Waals surface area contributed by atoms with Gasteiger partial charge in [-0.25, -0.2) is 0 Å². The Morgan fingerprint density at radius 1 is 1.33 bits per heavy atom. The van der Waals surface area contributed by atoms with E-state index in [2.05, 4.69) is 40.2 Å². The molecule has 6 heteroatoms. The molecule has 2 N–H and O–H groups in total. The van der Waals surface area contributed by atoms with Gasteiger partial charge in [0.05, 0.1) is 23.9 Å². The van der Waals surface area contributed by atoms with Gasteiger partial charge in [-0.3, -0.25) is 4.98 Å². The zero-order valence-electron chi connectivity index (χ0n) is 14.0. The molecule has 0 spiro atoms. The van der Waals surface area contributed by atoms with Gasteiger partial charge in [-0.15, -0.1) is 0 Å². The molecule has 1 saturated heterocycles. The summed E-state index contributed by atoms with van der Waals surface area (Å²) >= 11 is 0. The van der Waals surface area contributed by atoms with Crippen LogP contribution in [0, 0.1) is 6.92 Å². The molecule has 1 fully saturated rings. The number of nitrogens with one attached hydrogen (secondary N) is 1. The molecule has 6 nitrogen and oxygen atoms in total. The largest absolute Gasteiger partial charge is 0.381 e. The molecule has 3 aromatic rings. The summed E-state index contributed by atoms with van der Waals surface area (Å²) in [7, 11) is 0. The molecule has 3 heterocycles. The van der Waals surface area contributed by atoms with Gasteiger partial charge in [0.25, 0.3) is 0 Å². The summed E-state index contributed by atoms with van der Waals surface area (Å²) in [6.45, 7) is 5.51. The number of hydrogen-bond acceptors (Lipinski definition) is 5. The minimum atomic E-state index is -0.962. The molecule has 1 atom stereocenters. The van der Waals surface area contributed by atoms with Crippen molar-refractivity contribution in [2.24, 2.45) is 0 Å². The van der Waals surface area contributed by atoms with Crippen molar-refractivity contribution in [1.29, 1.82) is 0 Å². The van der Waals surface area contributed by atoms with Gasteiger partial charge < -0.3 is 10.0 Å². The van der Waals surface area contributed by atoms with E-state index in [4.69, 9.17) is 4.98 Å². The number of hydrogen-bond donors (Lipinski definition) is 2. The first-order chi connectivity index (χ1) is 11.6. The first-order valence-corrected chi connectivity index (χ1v) is 8.34. The van der Waals surface area contributed by atoms with Crippen LogP contribution in [0.15, 0.2) is 30.5 Å². The molecule has 4 rings (SSSR count). The van der Waals surface area contributed by atoms with Crippen LogP contribution in [0.3, 0.4) is 0 Å². The fraction of sp³-hybridized carbons (Fsp3) is 0.389. The summed E-state index contributed by atoms with van der Waals surface area (Å²) in [4.78, 5) is 7.02. The van der Waals surface area contributed by atoms with Gasteiger partial charge in [-0.1, -0.05) is 25.1 Å². The quantitative estimate of drug-likeness (QED) is 0.773. The topological polar surface area (TPSA) is 77.9 Å². The van der Waals surface area contributed by atoms with Crippen LogP contribution in [0.5, 0.6) is 0 Å². The Balaban J connectivity index is 1.82. The van der Waals surface area contributed by atoms with E-state index >= 15 is 0 Å². The Hall–Kier alpha value is -2.47. The molecule has 0 bridgehead atoms. The second kappa shape index (κ2) is 5.56. The number of H-pyrrole nitrogens is 1. The van der Waals surface area contributed by atoms with Gasteiger partial charge in [0.15, 0.2) is 0 Å². The van der Waals surface area contributed by atoms with Crippen molar-refractivity contribution in [2.45, 2.75) is 32.3 Å². The van der Waals surface area contributed by atoms with E-state index < -0.39 is 5.60 Å². The van der Waals surface area contributed by atoms with Gasteiger partial charge >= 0.3 is 0 Å². The van der Waals surface area contributed by atoms with Crippen molar-refractivity contribution >= 4 is 16.6 Å². The highest BCUT2D eigenvalue weighted by Gasteiger charge is 2.40. The third-order valence-electron chi connectivity index (χ3n) is 4.98. The number of anilines is 1. The van der Waals surface area contributed by atoms with Crippen LogP contribution in [0.1, 0.15) is 30.3 Å². The highest BCUT2D eigenvalue weighted by molar-refractivity contribution is 5.94. The maximum Gasteiger partial charge on any atom is 0.129 e. The van der Waals surface area contributed by atoms with E-state index in [0.717, 1.165) is 29.6 Å². The fourth-order valence-corrected chi connectivity index (χ4v) is 3.76. The molecule has 2 aromatic heterocycles. The minimum absolute atomic E-state index is 0.514. The number of aliphatic hydroxyl groups is 1. The number of β-amino-alcohol motifs (C(OH)–C–C–N with tert-alkyl or cyclic N) is 1. The summed E-state index contributed by atoms with van der Waals surface area (Å²) < 4.78 is 0. The van der Waals surface area contributed by atoms with Crippen LogP contribution >= 0.6 is 0 Å². The van der Waals surface area contributed by atoms with Crippen LogP contribution in [0.2, 0.25) is 0 Å². The van der Waals surface area contributed by atoms with E-state index in [9.17, 15) is 5.11 Å². The van der Waals surface area contributed by atoms with E-state index in [1.54, 1.807) is 6.20 Å². The van der Waals surface area contributed by atoms with E-state index in [1.165, 1.54) is 11.3 Å². The smallest absolute Gasteiger partial charge is 0.129 e. The monoisotopic (exact) mass is 323 g/mol. The van der Waals surface area contributed by atoms with E-state index in [1.807, 2.05) is 18.2 Å². The normalized spacial score (nSPS) is 20.9. The van der Waals surface area contributed by atoms with E-state index in [-0.39, 0.29) is 0 Å². The molecule has 0 amide bonds. The lowest BCUT2D eigenvalue weighted by molar-refractivity contribution is 0.0560. The predicted octanol–water partition coefficient (Wildman–Crippen LogP) is 2.32. The van der Waals surface area contributed by atoms with Crippen molar-refractivity contribution in [2.75, 3.05) is 18.0 Å². The Morgan fingerprint density at radius 3 is 2.92 bits per heavy atom. The summed E-state index contributed by atoms with van der Waals surface area (Å²) in [5.74, 6) is 0. The van der Waals surface area contributed by atoms with Crippen LogP contribution in [0.25, 0.3) is 10.9 Å². The summed E-state index contributed by atoms with van der Waals surface area (Å²) in [5, 5.41) is 22.7. The third-order valence-corrected chi connectivity index (χ3v) is 4.98. The van der Waals surface area contributed by atoms with Crippen LogP contribution in [0.4, 0.5) is 5.69 Å². The molecule has 0 saturated carbocycles. The van der Waals surface area contributed by atoms with Crippen molar-refractivity contribution in [3.05, 3.63) is 47.4 Å². The number of aryl methyl sites for hydroxylation is 1. The summed E-state index contributed by atoms with van der Waals surface area (Å²) in [5.41, 5.74) is 4.15. The molecule has 0 radical (unpaired) electrons. The van der Waals surface area contributed by atoms with Gasteiger partial charge in [0.2, 0.25) is 0 Å². The average molecular weight is 323 g/mol.